The van der Waals surface area contributed by atoms with Gasteiger partial charge in [-0.05, 0) is 60.0 Å². The third-order valence-corrected chi connectivity index (χ3v) is 7.25. The molecule has 0 bridgehead atoms. The van der Waals surface area contributed by atoms with Crippen molar-refractivity contribution >= 4 is 17.4 Å². The molecule has 1 amide bonds. The number of aliphatic hydroxyl groups excluding tert-OH is 1. The highest BCUT2D eigenvalue weighted by Crippen LogP contribution is 2.44. The van der Waals surface area contributed by atoms with Gasteiger partial charge in [0.05, 0.1) is 18.2 Å². The minimum absolute atomic E-state index is 0.0361. The lowest BCUT2D eigenvalue weighted by atomic mass is 9.94. The summed E-state index contributed by atoms with van der Waals surface area (Å²) in [5.74, 6) is 0.155. The smallest absolute Gasteiger partial charge is 0.295 e. The quantitative estimate of drug-likeness (QED) is 0.159. The molecule has 1 atom stereocenters. The SMILES string of the molecule is CCOc1cc(C2/C(=C(/O)c3ccc4c(c3)OCCO4)C(=O)C(=O)N2Cc2cccnc2)ccc1OCc1ccccc1. The Morgan fingerprint density at radius 1 is 0.907 bits per heavy atom. The molecule has 3 aromatic carbocycles. The van der Waals surface area contributed by atoms with Crippen molar-refractivity contribution in [1.82, 2.24) is 9.88 Å². The van der Waals surface area contributed by atoms with Crippen LogP contribution in [0.5, 0.6) is 23.0 Å². The van der Waals surface area contributed by atoms with Gasteiger partial charge >= 0.3 is 0 Å². The minimum Gasteiger partial charge on any atom is -0.507 e. The molecule has 1 unspecified atom stereocenters. The van der Waals surface area contributed by atoms with Crippen molar-refractivity contribution in [3.63, 3.8) is 0 Å². The number of likely N-dealkylation sites (tertiary alicyclic amines) is 1. The van der Waals surface area contributed by atoms with E-state index in [-0.39, 0.29) is 17.9 Å². The lowest BCUT2D eigenvalue weighted by molar-refractivity contribution is -0.140. The number of benzene rings is 3. The average molecular weight is 579 g/mol. The van der Waals surface area contributed by atoms with Gasteiger partial charge in [-0.2, -0.15) is 0 Å². The van der Waals surface area contributed by atoms with Gasteiger partial charge in [-0.3, -0.25) is 14.6 Å². The monoisotopic (exact) mass is 578 g/mol. The highest BCUT2D eigenvalue weighted by molar-refractivity contribution is 6.46. The predicted molar refractivity (Wildman–Crippen MR) is 158 cm³/mol. The second-order valence-electron chi connectivity index (χ2n) is 10.1. The fourth-order valence-electron chi connectivity index (χ4n) is 5.24. The fourth-order valence-corrected chi connectivity index (χ4v) is 5.24. The second-order valence-corrected chi connectivity index (χ2v) is 10.1. The molecule has 9 nitrogen and oxygen atoms in total. The zero-order chi connectivity index (χ0) is 29.8. The standard InChI is InChI=1S/C34H30N2O7/c1-2-40-28-17-24(10-12-27(28)43-21-22-7-4-3-5-8-22)31-30(32(37)25-11-13-26-29(18-25)42-16-15-41-26)33(38)34(39)36(31)20-23-9-6-14-35-19-23/h3-14,17-19,31,37H,2,15-16,20-21H2,1H3/b32-30-. The molecule has 0 saturated carbocycles. The summed E-state index contributed by atoms with van der Waals surface area (Å²) in [5.41, 5.74) is 2.62. The van der Waals surface area contributed by atoms with E-state index in [1.165, 1.54) is 4.90 Å². The van der Waals surface area contributed by atoms with E-state index in [0.29, 0.717) is 60.6 Å². The number of Topliss-reactive ketones (excluding diaryl/α,β-unsaturated/α-hetero) is 1. The molecule has 4 aromatic rings. The number of ether oxygens (including phenoxy) is 4. The van der Waals surface area contributed by atoms with Crippen LogP contribution < -0.4 is 18.9 Å². The van der Waals surface area contributed by atoms with Crippen molar-refractivity contribution in [2.24, 2.45) is 0 Å². The Bertz CT molecular complexity index is 1670. The lowest BCUT2D eigenvalue weighted by Gasteiger charge is -2.26. The van der Waals surface area contributed by atoms with Crippen LogP contribution in [0.25, 0.3) is 5.76 Å². The van der Waals surface area contributed by atoms with Crippen LogP contribution in [0.4, 0.5) is 0 Å². The summed E-state index contributed by atoms with van der Waals surface area (Å²) in [5, 5.41) is 11.6. The number of hydrogen-bond donors (Lipinski definition) is 1. The van der Waals surface area contributed by atoms with Crippen LogP contribution in [0, 0.1) is 0 Å². The number of ketones is 1. The largest absolute Gasteiger partial charge is 0.507 e. The van der Waals surface area contributed by atoms with Gasteiger partial charge in [0.2, 0.25) is 0 Å². The Morgan fingerprint density at radius 3 is 2.47 bits per heavy atom. The van der Waals surface area contributed by atoms with E-state index in [1.54, 1.807) is 54.9 Å². The number of carbonyl (C=O) groups excluding carboxylic acids is 2. The summed E-state index contributed by atoms with van der Waals surface area (Å²) in [6.07, 6.45) is 3.28. The Morgan fingerprint density at radius 2 is 1.70 bits per heavy atom. The first-order chi connectivity index (χ1) is 21.0. The zero-order valence-corrected chi connectivity index (χ0v) is 23.6. The summed E-state index contributed by atoms with van der Waals surface area (Å²) >= 11 is 0. The molecule has 0 radical (unpaired) electrons. The van der Waals surface area contributed by atoms with Crippen molar-refractivity contribution < 1.29 is 33.6 Å². The maximum Gasteiger partial charge on any atom is 0.295 e. The van der Waals surface area contributed by atoms with E-state index >= 15 is 0 Å². The van der Waals surface area contributed by atoms with Crippen LogP contribution in [0.1, 0.15) is 35.2 Å². The van der Waals surface area contributed by atoms with Gasteiger partial charge in [-0.15, -0.1) is 0 Å². The Labute approximate surface area is 248 Å². The van der Waals surface area contributed by atoms with Gasteiger partial charge in [0, 0.05) is 24.5 Å². The van der Waals surface area contributed by atoms with Crippen LogP contribution in [-0.2, 0) is 22.7 Å². The number of carbonyl (C=O) groups is 2. The van der Waals surface area contributed by atoms with E-state index in [4.69, 9.17) is 18.9 Å². The molecule has 1 N–H and O–H groups in total. The molecular formula is C34H30N2O7. The van der Waals surface area contributed by atoms with Crippen LogP contribution in [0.2, 0.25) is 0 Å². The molecule has 2 aliphatic rings. The third kappa shape index (κ3) is 5.74. The van der Waals surface area contributed by atoms with Crippen molar-refractivity contribution in [1.29, 1.82) is 0 Å². The third-order valence-electron chi connectivity index (χ3n) is 7.25. The Kier molecular flexibility index (Phi) is 7.95. The summed E-state index contributed by atoms with van der Waals surface area (Å²) in [7, 11) is 0. The number of aromatic nitrogens is 1. The first-order valence-electron chi connectivity index (χ1n) is 14.0. The zero-order valence-electron chi connectivity index (χ0n) is 23.6. The molecule has 43 heavy (non-hydrogen) atoms. The first kappa shape index (κ1) is 27.8. The normalized spacial score (nSPS) is 17.1. The van der Waals surface area contributed by atoms with E-state index in [0.717, 1.165) is 11.1 Å². The Balaban J connectivity index is 1.43. The fraction of sp³-hybridized carbons (Fsp3) is 0.206. The molecule has 1 fully saturated rings. The number of rotatable bonds is 9. The molecule has 218 valence electrons. The van der Waals surface area contributed by atoms with Crippen molar-refractivity contribution in [2.45, 2.75) is 26.1 Å². The average Bonchev–Trinajstić information content (AvgIpc) is 3.29. The lowest BCUT2D eigenvalue weighted by Crippen LogP contribution is -2.29. The van der Waals surface area contributed by atoms with E-state index in [1.807, 2.05) is 43.3 Å². The van der Waals surface area contributed by atoms with Crippen LogP contribution in [-0.4, -0.2) is 46.5 Å². The van der Waals surface area contributed by atoms with E-state index < -0.39 is 17.7 Å². The molecule has 2 aliphatic heterocycles. The molecule has 0 spiro atoms. The highest BCUT2D eigenvalue weighted by atomic mass is 16.6. The first-order valence-corrected chi connectivity index (χ1v) is 14.0. The van der Waals surface area contributed by atoms with Crippen LogP contribution >= 0.6 is 0 Å². The second kappa shape index (κ2) is 12.3. The van der Waals surface area contributed by atoms with Gasteiger partial charge in [0.25, 0.3) is 11.7 Å². The summed E-state index contributed by atoms with van der Waals surface area (Å²) in [4.78, 5) is 32.7. The maximum absolute atomic E-state index is 13.6. The van der Waals surface area contributed by atoms with Gasteiger partial charge in [-0.1, -0.05) is 42.5 Å². The molecule has 9 heteroatoms. The van der Waals surface area contributed by atoms with Gasteiger partial charge < -0.3 is 29.0 Å². The number of amides is 1. The molecule has 3 heterocycles. The molecule has 1 aromatic heterocycles. The number of hydrogen-bond acceptors (Lipinski definition) is 8. The molecule has 1 saturated heterocycles. The highest BCUT2D eigenvalue weighted by Gasteiger charge is 2.46. The number of fused-ring (bicyclic) bond motifs is 1. The van der Waals surface area contributed by atoms with Crippen molar-refractivity contribution in [3.05, 3.63) is 119 Å². The maximum atomic E-state index is 13.6. The van der Waals surface area contributed by atoms with Crippen molar-refractivity contribution in [3.8, 4) is 23.0 Å². The minimum atomic E-state index is -0.907. The number of nitrogens with zero attached hydrogens (tertiary/aromatic N) is 2. The van der Waals surface area contributed by atoms with Crippen molar-refractivity contribution in [2.75, 3.05) is 19.8 Å². The van der Waals surface area contributed by atoms with Gasteiger partial charge in [0.15, 0.2) is 23.0 Å². The van der Waals surface area contributed by atoms with Gasteiger partial charge in [-0.25, -0.2) is 0 Å². The molecule has 0 aliphatic carbocycles. The molecule has 6 rings (SSSR count). The van der Waals surface area contributed by atoms with E-state index in [9.17, 15) is 14.7 Å². The topological polar surface area (TPSA) is 107 Å². The predicted octanol–water partition coefficient (Wildman–Crippen LogP) is 5.45. The van der Waals surface area contributed by atoms with Crippen LogP contribution in [0.3, 0.4) is 0 Å². The summed E-state index contributed by atoms with van der Waals surface area (Å²) in [6, 6.07) is 22.7. The summed E-state index contributed by atoms with van der Waals surface area (Å²) in [6.45, 7) is 3.47. The number of pyridine rings is 1. The molecular weight excluding hydrogens is 548 g/mol. The number of aliphatic hydroxyl groups is 1. The van der Waals surface area contributed by atoms with E-state index in [2.05, 4.69) is 4.98 Å². The Hall–Kier alpha value is -5.31. The summed E-state index contributed by atoms with van der Waals surface area (Å²) < 4.78 is 23.3. The van der Waals surface area contributed by atoms with Crippen LogP contribution in [0.15, 0.2) is 96.8 Å². The van der Waals surface area contributed by atoms with Gasteiger partial charge in [0.1, 0.15) is 25.6 Å².